The Hall–Kier alpha value is -1.23. The normalized spacial score (nSPS) is 17.3. The second kappa shape index (κ2) is 6.11. The summed E-state index contributed by atoms with van der Waals surface area (Å²) in [5.41, 5.74) is 1.72. The molecular weight excluding hydrogens is 341 g/mol. The van der Waals surface area contributed by atoms with Crippen LogP contribution in [0.15, 0.2) is 23.6 Å². The van der Waals surface area contributed by atoms with Crippen LogP contribution in [0.2, 0.25) is 10.0 Å². The zero-order valence-corrected chi connectivity index (χ0v) is 14.6. The Labute approximate surface area is 143 Å². The molecule has 3 rings (SSSR count). The van der Waals surface area contributed by atoms with Crippen molar-refractivity contribution in [1.82, 2.24) is 4.90 Å². The Morgan fingerprint density at radius 3 is 2.68 bits per heavy atom. The van der Waals surface area contributed by atoms with Gasteiger partial charge in [-0.05, 0) is 42.5 Å². The molecule has 1 amide bonds. The van der Waals surface area contributed by atoms with E-state index in [0.29, 0.717) is 27.9 Å². The van der Waals surface area contributed by atoms with Crippen LogP contribution in [0.25, 0.3) is 0 Å². The number of fused-ring (bicyclic) bond motifs is 1. The van der Waals surface area contributed by atoms with Crippen LogP contribution in [0, 0.1) is 0 Å². The lowest BCUT2D eigenvalue weighted by molar-refractivity contribution is 0.0679. The van der Waals surface area contributed by atoms with Crippen LogP contribution in [0.1, 0.15) is 33.8 Å². The molecule has 1 aliphatic rings. The van der Waals surface area contributed by atoms with Crippen molar-refractivity contribution in [2.24, 2.45) is 0 Å². The fourth-order valence-electron chi connectivity index (χ4n) is 2.83. The van der Waals surface area contributed by atoms with E-state index in [-0.39, 0.29) is 11.9 Å². The molecule has 0 fully saturated rings. The molecule has 1 atom stereocenters. The molecule has 0 N–H and O–H groups in total. The Bertz CT molecular complexity index is 706. The second-order valence-electron chi connectivity index (χ2n) is 5.20. The SMILES string of the molecule is COc1c(Cl)cc(C(=O)N2CCc3sccc3[C@@H]2C)cc1Cl. The van der Waals surface area contributed by atoms with E-state index >= 15 is 0 Å². The topological polar surface area (TPSA) is 29.5 Å². The van der Waals surface area contributed by atoms with E-state index in [9.17, 15) is 4.79 Å². The van der Waals surface area contributed by atoms with Crippen LogP contribution in [0.4, 0.5) is 0 Å². The summed E-state index contributed by atoms with van der Waals surface area (Å²) >= 11 is 14.0. The molecule has 1 aromatic heterocycles. The van der Waals surface area contributed by atoms with Gasteiger partial charge in [0.2, 0.25) is 0 Å². The molecular formula is C16H15Cl2NO2S. The fourth-order valence-corrected chi connectivity index (χ4v) is 4.44. The number of hydrogen-bond acceptors (Lipinski definition) is 3. The Kier molecular flexibility index (Phi) is 4.35. The highest BCUT2D eigenvalue weighted by Crippen LogP contribution is 2.37. The van der Waals surface area contributed by atoms with Crippen molar-refractivity contribution in [2.45, 2.75) is 19.4 Å². The van der Waals surface area contributed by atoms with Gasteiger partial charge in [0, 0.05) is 17.0 Å². The number of hydrogen-bond donors (Lipinski definition) is 0. The molecule has 2 heterocycles. The van der Waals surface area contributed by atoms with Crippen molar-refractivity contribution in [3.63, 3.8) is 0 Å². The third-order valence-electron chi connectivity index (χ3n) is 3.99. The molecule has 0 spiro atoms. The largest absolute Gasteiger partial charge is 0.494 e. The zero-order chi connectivity index (χ0) is 15.9. The lowest BCUT2D eigenvalue weighted by atomic mass is 10.0. The number of amides is 1. The van der Waals surface area contributed by atoms with Gasteiger partial charge in [0.15, 0.2) is 5.75 Å². The molecule has 1 aromatic carbocycles. The van der Waals surface area contributed by atoms with Gasteiger partial charge in [-0.25, -0.2) is 0 Å². The van der Waals surface area contributed by atoms with Crippen molar-refractivity contribution in [2.75, 3.05) is 13.7 Å². The van der Waals surface area contributed by atoms with E-state index in [2.05, 4.69) is 18.4 Å². The van der Waals surface area contributed by atoms with Gasteiger partial charge in [-0.3, -0.25) is 4.79 Å². The first-order valence-corrected chi connectivity index (χ1v) is 8.56. The van der Waals surface area contributed by atoms with E-state index in [4.69, 9.17) is 27.9 Å². The highest BCUT2D eigenvalue weighted by Gasteiger charge is 2.29. The summed E-state index contributed by atoms with van der Waals surface area (Å²) in [4.78, 5) is 16.0. The molecule has 116 valence electrons. The Morgan fingerprint density at radius 1 is 1.36 bits per heavy atom. The van der Waals surface area contributed by atoms with Gasteiger partial charge in [0.25, 0.3) is 5.91 Å². The predicted molar refractivity (Wildman–Crippen MR) is 90.5 cm³/mol. The van der Waals surface area contributed by atoms with Gasteiger partial charge in [0.1, 0.15) is 0 Å². The van der Waals surface area contributed by atoms with Gasteiger partial charge in [-0.2, -0.15) is 0 Å². The minimum absolute atomic E-state index is 0.0575. The Balaban J connectivity index is 1.92. The molecule has 6 heteroatoms. The number of halogens is 2. The molecule has 0 bridgehead atoms. The van der Waals surface area contributed by atoms with E-state index in [1.54, 1.807) is 23.5 Å². The summed E-state index contributed by atoms with van der Waals surface area (Å²) < 4.78 is 5.13. The number of rotatable bonds is 2. The van der Waals surface area contributed by atoms with Gasteiger partial charge in [0.05, 0.1) is 23.2 Å². The summed E-state index contributed by atoms with van der Waals surface area (Å²) in [6, 6.07) is 5.38. The molecule has 0 saturated carbocycles. The number of carbonyl (C=O) groups is 1. The van der Waals surface area contributed by atoms with Crippen LogP contribution < -0.4 is 4.74 Å². The number of carbonyl (C=O) groups excluding carboxylic acids is 1. The van der Waals surface area contributed by atoms with Crippen molar-refractivity contribution < 1.29 is 9.53 Å². The first-order chi connectivity index (χ1) is 10.5. The quantitative estimate of drug-likeness (QED) is 0.772. The van der Waals surface area contributed by atoms with Crippen molar-refractivity contribution >= 4 is 40.4 Å². The van der Waals surface area contributed by atoms with E-state index in [1.165, 1.54) is 17.6 Å². The number of methoxy groups -OCH3 is 1. The lowest BCUT2D eigenvalue weighted by Gasteiger charge is -2.33. The molecule has 22 heavy (non-hydrogen) atoms. The van der Waals surface area contributed by atoms with Gasteiger partial charge < -0.3 is 9.64 Å². The maximum Gasteiger partial charge on any atom is 0.254 e. The van der Waals surface area contributed by atoms with Crippen LogP contribution in [-0.2, 0) is 6.42 Å². The zero-order valence-electron chi connectivity index (χ0n) is 12.2. The number of nitrogens with zero attached hydrogens (tertiary/aromatic N) is 1. The number of ether oxygens (including phenoxy) is 1. The van der Waals surface area contributed by atoms with Crippen LogP contribution in [0.3, 0.4) is 0 Å². The first kappa shape index (κ1) is 15.7. The van der Waals surface area contributed by atoms with Crippen molar-refractivity contribution in [3.05, 3.63) is 49.6 Å². The van der Waals surface area contributed by atoms with Gasteiger partial charge in [-0.1, -0.05) is 23.2 Å². The third kappa shape index (κ3) is 2.60. The molecule has 0 unspecified atom stereocenters. The second-order valence-corrected chi connectivity index (χ2v) is 7.01. The molecule has 0 aliphatic carbocycles. The van der Waals surface area contributed by atoms with E-state index in [0.717, 1.165) is 6.42 Å². The number of thiophene rings is 1. The minimum Gasteiger partial charge on any atom is -0.494 e. The minimum atomic E-state index is -0.0594. The summed E-state index contributed by atoms with van der Waals surface area (Å²) in [5, 5.41) is 2.77. The average molecular weight is 356 g/mol. The highest BCUT2D eigenvalue weighted by atomic mass is 35.5. The van der Waals surface area contributed by atoms with Crippen LogP contribution in [0.5, 0.6) is 5.75 Å². The van der Waals surface area contributed by atoms with Gasteiger partial charge >= 0.3 is 0 Å². The number of benzene rings is 1. The van der Waals surface area contributed by atoms with Crippen molar-refractivity contribution in [1.29, 1.82) is 0 Å². The third-order valence-corrected chi connectivity index (χ3v) is 5.55. The summed E-state index contributed by atoms with van der Waals surface area (Å²) in [6.45, 7) is 2.75. The Morgan fingerprint density at radius 2 is 2.05 bits per heavy atom. The molecule has 1 aliphatic heterocycles. The van der Waals surface area contributed by atoms with Gasteiger partial charge in [-0.15, -0.1) is 11.3 Å². The predicted octanol–water partition coefficient (Wildman–Crippen LogP) is 4.82. The maximum atomic E-state index is 12.8. The van der Waals surface area contributed by atoms with E-state index < -0.39 is 0 Å². The highest BCUT2D eigenvalue weighted by molar-refractivity contribution is 7.10. The standard InChI is InChI=1S/C16H15Cl2NO2S/c1-9-11-4-6-22-14(11)3-5-19(9)16(20)10-7-12(17)15(21-2)13(18)8-10/h4,6-9H,3,5H2,1-2H3/t9-/m0/s1. The fraction of sp³-hybridized carbons (Fsp3) is 0.312. The average Bonchev–Trinajstić information content (AvgIpc) is 2.96. The van der Waals surface area contributed by atoms with Crippen molar-refractivity contribution in [3.8, 4) is 5.75 Å². The molecule has 0 radical (unpaired) electrons. The summed E-state index contributed by atoms with van der Waals surface area (Å²) in [6.07, 6.45) is 0.890. The maximum absolute atomic E-state index is 12.8. The monoisotopic (exact) mass is 355 g/mol. The smallest absolute Gasteiger partial charge is 0.254 e. The molecule has 0 saturated heterocycles. The summed E-state index contributed by atoms with van der Waals surface area (Å²) in [7, 11) is 1.50. The van der Waals surface area contributed by atoms with E-state index in [1.807, 2.05) is 4.90 Å². The van der Waals surface area contributed by atoms with Crippen LogP contribution in [-0.4, -0.2) is 24.5 Å². The first-order valence-electron chi connectivity index (χ1n) is 6.93. The molecule has 2 aromatic rings. The van der Waals surface area contributed by atoms with Crippen LogP contribution >= 0.6 is 34.5 Å². The lowest BCUT2D eigenvalue weighted by Crippen LogP contribution is -2.38. The molecule has 3 nitrogen and oxygen atoms in total. The summed E-state index contributed by atoms with van der Waals surface area (Å²) in [5.74, 6) is 0.336.